The fourth-order valence-electron chi connectivity index (χ4n) is 3.11. The standard InChI is InChI=1S/C20H16F3N7O2/c1-32-13-9-30-17(18(24)25-10-26-30)16(13)11-5-7-12(8-6-11)27-19(31)29-15-4-2-3-14(28-15)20(21,22)23/h2-10H,1H3,(H2,24,25,26)(H2,27,28,29,31). The Kier molecular flexibility index (Phi) is 5.26. The van der Waals surface area contributed by atoms with Crippen molar-refractivity contribution in [3.63, 3.8) is 0 Å². The number of rotatable bonds is 4. The molecule has 164 valence electrons. The number of halogens is 3. The Bertz CT molecular complexity index is 1290. The lowest BCUT2D eigenvalue weighted by atomic mass is 10.1. The lowest BCUT2D eigenvalue weighted by Crippen LogP contribution is -2.21. The molecule has 2 amide bonds. The van der Waals surface area contributed by atoms with Crippen LogP contribution in [0.5, 0.6) is 5.75 Å². The molecule has 0 saturated heterocycles. The van der Waals surface area contributed by atoms with Crippen LogP contribution in [0.25, 0.3) is 16.6 Å². The number of alkyl halides is 3. The molecule has 0 unspecified atom stereocenters. The van der Waals surface area contributed by atoms with Crippen molar-refractivity contribution in [3.8, 4) is 16.9 Å². The summed E-state index contributed by atoms with van der Waals surface area (Å²) in [4.78, 5) is 19.6. The first-order valence-electron chi connectivity index (χ1n) is 9.15. The quantitative estimate of drug-likeness (QED) is 0.438. The zero-order valence-electron chi connectivity index (χ0n) is 16.5. The third-order valence-corrected chi connectivity index (χ3v) is 4.50. The zero-order chi connectivity index (χ0) is 22.9. The van der Waals surface area contributed by atoms with Crippen molar-refractivity contribution >= 4 is 28.9 Å². The van der Waals surface area contributed by atoms with Crippen LogP contribution in [-0.4, -0.2) is 32.7 Å². The first-order valence-corrected chi connectivity index (χ1v) is 9.15. The van der Waals surface area contributed by atoms with Crippen molar-refractivity contribution in [1.29, 1.82) is 0 Å². The van der Waals surface area contributed by atoms with Gasteiger partial charge in [-0.3, -0.25) is 5.32 Å². The highest BCUT2D eigenvalue weighted by Crippen LogP contribution is 2.37. The van der Waals surface area contributed by atoms with Crippen LogP contribution in [-0.2, 0) is 6.18 Å². The fourth-order valence-corrected chi connectivity index (χ4v) is 3.11. The normalized spacial score (nSPS) is 11.4. The van der Waals surface area contributed by atoms with E-state index in [0.29, 0.717) is 22.5 Å². The van der Waals surface area contributed by atoms with Crippen molar-refractivity contribution in [3.05, 3.63) is 60.7 Å². The van der Waals surface area contributed by atoms with Crippen molar-refractivity contribution < 1.29 is 22.7 Å². The van der Waals surface area contributed by atoms with Gasteiger partial charge in [-0.15, -0.1) is 0 Å². The molecule has 0 spiro atoms. The van der Waals surface area contributed by atoms with Gasteiger partial charge in [-0.05, 0) is 29.8 Å². The number of carbonyl (C=O) groups is 1. The van der Waals surface area contributed by atoms with Gasteiger partial charge in [0, 0.05) is 5.69 Å². The predicted octanol–water partition coefficient (Wildman–Crippen LogP) is 4.04. The number of benzene rings is 1. The lowest BCUT2D eigenvalue weighted by molar-refractivity contribution is -0.141. The smallest absolute Gasteiger partial charge is 0.433 e. The second kappa shape index (κ2) is 8.06. The molecule has 4 aromatic rings. The van der Waals surface area contributed by atoms with Gasteiger partial charge in [0.1, 0.15) is 29.1 Å². The number of aromatic nitrogens is 4. The number of nitrogens with zero attached hydrogens (tertiary/aromatic N) is 4. The zero-order valence-corrected chi connectivity index (χ0v) is 16.5. The van der Waals surface area contributed by atoms with Crippen molar-refractivity contribution in [1.82, 2.24) is 19.6 Å². The van der Waals surface area contributed by atoms with E-state index >= 15 is 0 Å². The molecule has 12 heteroatoms. The van der Waals surface area contributed by atoms with E-state index in [1.807, 2.05) is 0 Å². The highest BCUT2D eigenvalue weighted by Gasteiger charge is 2.32. The molecule has 3 aromatic heterocycles. The van der Waals surface area contributed by atoms with Gasteiger partial charge >= 0.3 is 12.2 Å². The van der Waals surface area contributed by atoms with E-state index in [-0.39, 0.29) is 11.6 Å². The molecule has 0 radical (unpaired) electrons. The molecular formula is C20H16F3N7O2. The molecule has 3 heterocycles. The number of nitrogens with one attached hydrogen (secondary N) is 2. The lowest BCUT2D eigenvalue weighted by Gasteiger charge is -2.10. The first kappa shape index (κ1) is 20.9. The molecule has 1 aromatic carbocycles. The molecule has 0 atom stereocenters. The number of hydrogen-bond acceptors (Lipinski definition) is 6. The van der Waals surface area contributed by atoms with Crippen LogP contribution < -0.4 is 21.1 Å². The number of pyridine rings is 1. The number of fused-ring (bicyclic) bond motifs is 1. The summed E-state index contributed by atoms with van der Waals surface area (Å²) in [5.41, 5.74) is 7.28. The number of nitrogens with two attached hydrogens (primary N) is 1. The van der Waals surface area contributed by atoms with E-state index in [1.54, 1.807) is 35.0 Å². The molecule has 4 N–H and O–H groups in total. The SMILES string of the molecule is COc1cn2ncnc(N)c2c1-c1ccc(NC(=O)Nc2cccc(C(F)(F)F)n2)cc1. The number of ether oxygens (including phenoxy) is 1. The molecule has 4 rings (SSSR count). The van der Waals surface area contributed by atoms with Crippen LogP contribution in [0.15, 0.2) is 55.0 Å². The minimum Gasteiger partial charge on any atom is -0.494 e. The molecule has 32 heavy (non-hydrogen) atoms. The minimum atomic E-state index is -4.61. The molecule has 0 bridgehead atoms. The second-order valence-corrected chi connectivity index (χ2v) is 6.57. The van der Waals surface area contributed by atoms with Gasteiger partial charge in [0.05, 0.1) is 18.9 Å². The molecule has 0 aliphatic rings. The van der Waals surface area contributed by atoms with Gasteiger partial charge in [0.2, 0.25) is 0 Å². The van der Waals surface area contributed by atoms with Crippen molar-refractivity contribution in [2.75, 3.05) is 23.5 Å². The maximum Gasteiger partial charge on any atom is 0.433 e. The van der Waals surface area contributed by atoms with E-state index in [2.05, 4.69) is 25.7 Å². The van der Waals surface area contributed by atoms with Crippen LogP contribution in [0.3, 0.4) is 0 Å². The average Bonchev–Trinajstić information content (AvgIpc) is 3.14. The molecule has 9 nitrogen and oxygen atoms in total. The van der Waals surface area contributed by atoms with Crippen LogP contribution in [0.1, 0.15) is 5.69 Å². The minimum absolute atomic E-state index is 0.227. The van der Waals surface area contributed by atoms with Gasteiger partial charge in [-0.25, -0.2) is 19.3 Å². The third kappa shape index (κ3) is 4.10. The Morgan fingerprint density at radius 3 is 2.56 bits per heavy atom. The Balaban J connectivity index is 1.53. The van der Waals surface area contributed by atoms with Crippen LogP contribution in [0.2, 0.25) is 0 Å². The fraction of sp³-hybridized carbons (Fsp3) is 0.100. The topological polar surface area (TPSA) is 119 Å². The van der Waals surface area contributed by atoms with Crippen molar-refractivity contribution in [2.24, 2.45) is 0 Å². The summed E-state index contributed by atoms with van der Waals surface area (Å²) in [6.07, 6.45) is -1.61. The van der Waals surface area contributed by atoms with Crippen LogP contribution in [0, 0.1) is 0 Å². The molecule has 0 fully saturated rings. The number of methoxy groups -OCH3 is 1. The second-order valence-electron chi connectivity index (χ2n) is 6.57. The van der Waals surface area contributed by atoms with E-state index < -0.39 is 17.9 Å². The molecular weight excluding hydrogens is 427 g/mol. The van der Waals surface area contributed by atoms with E-state index in [9.17, 15) is 18.0 Å². The summed E-state index contributed by atoms with van der Waals surface area (Å²) in [6, 6.07) is 9.19. The number of urea groups is 1. The Hall–Kier alpha value is -4.35. The van der Waals surface area contributed by atoms with Gasteiger partial charge in [0.15, 0.2) is 5.82 Å². The van der Waals surface area contributed by atoms with E-state index in [0.717, 1.165) is 17.7 Å². The van der Waals surface area contributed by atoms with Gasteiger partial charge < -0.3 is 15.8 Å². The van der Waals surface area contributed by atoms with E-state index in [1.165, 1.54) is 19.5 Å². The van der Waals surface area contributed by atoms with Gasteiger partial charge in [-0.2, -0.15) is 18.3 Å². The van der Waals surface area contributed by atoms with Gasteiger partial charge in [-0.1, -0.05) is 18.2 Å². The number of carbonyl (C=O) groups excluding carboxylic acids is 1. The highest BCUT2D eigenvalue weighted by molar-refractivity contribution is 5.99. The number of nitrogen functional groups attached to an aromatic ring is 1. The average molecular weight is 443 g/mol. The highest BCUT2D eigenvalue weighted by atomic mass is 19.4. The number of amides is 2. The first-order chi connectivity index (χ1) is 15.3. The Labute approximate surface area is 179 Å². The summed E-state index contributed by atoms with van der Waals surface area (Å²) < 4.78 is 45.3. The summed E-state index contributed by atoms with van der Waals surface area (Å²) in [7, 11) is 1.52. The Morgan fingerprint density at radius 1 is 1.12 bits per heavy atom. The summed E-state index contributed by atoms with van der Waals surface area (Å²) in [6.45, 7) is 0. The van der Waals surface area contributed by atoms with E-state index in [4.69, 9.17) is 10.5 Å². The Morgan fingerprint density at radius 2 is 1.88 bits per heavy atom. The summed E-state index contributed by atoms with van der Waals surface area (Å²) in [5.74, 6) is 0.578. The predicted molar refractivity (Wildman–Crippen MR) is 111 cm³/mol. The number of hydrogen-bond donors (Lipinski definition) is 3. The largest absolute Gasteiger partial charge is 0.494 e. The number of anilines is 3. The monoisotopic (exact) mass is 443 g/mol. The molecule has 0 aliphatic heterocycles. The van der Waals surface area contributed by atoms with Crippen LogP contribution in [0.4, 0.5) is 35.3 Å². The summed E-state index contributed by atoms with van der Waals surface area (Å²) in [5, 5.41) is 8.94. The molecule has 0 saturated carbocycles. The maximum atomic E-state index is 12.8. The molecule has 0 aliphatic carbocycles. The third-order valence-electron chi connectivity index (χ3n) is 4.50. The maximum absolute atomic E-state index is 12.8. The van der Waals surface area contributed by atoms with Gasteiger partial charge in [0.25, 0.3) is 0 Å². The summed E-state index contributed by atoms with van der Waals surface area (Å²) >= 11 is 0. The van der Waals surface area contributed by atoms with Crippen molar-refractivity contribution in [2.45, 2.75) is 6.18 Å². The van der Waals surface area contributed by atoms with Crippen LogP contribution >= 0.6 is 0 Å².